The summed E-state index contributed by atoms with van der Waals surface area (Å²) < 4.78 is 0. The summed E-state index contributed by atoms with van der Waals surface area (Å²) in [5.41, 5.74) is 4.72. The van der Waals surface area contributed by atoms with E-state index in [4.69, 9.17) is 0 Å². The third-order valence-corrected chi connectivity index (χ3v) is 5.66. The average Bonchev–Trinajstić information content (AvgIpc) is 2.76. The van der Waals surface area contributed by atoms with E-state index >= 15 is 0 Å². The summed E-state index contributed by atoms with van der Waals surface area (Å²) in [4.78, 5) is 0. The van der Waals surface area contributed by atoms with Crippen LogP contribution in [0.2, 0.25) is 0 Å². The second-order valence-electron chi connectivity index (χ2n) is 7.84. The molecule has 0 atom stereocenters. The number of benzene rings is 5. The van der Waals surface area contributed by atoms with E-state index in [-0.39, 0.29) is 0 Å². The molecule has 0 saturated heterocycles. The summed E-state index contributed by atoms with van der Waals surface area (Å²) in [6.45, 7) is 0. The highest BCUT2D eigenvalue weighted by Crippen LogP contribution is 2.28. The molecule has 2 nitrogen and oxygen atoms in total. The summed E-state index contributed by atoms with van der Waals surface area (Å²) in [7, 11) is 0. The van der Waals surface area contributed by atoms with Crippen LogP contribution in [0.3, 0.4) is 0 Å². The molecular formula is C28H22O2. The molecule has 0 radical (unpaired) electrons. The van der Waals surface area contributed by atoms with Crippen molar-refractivity contribution in [1.29, 1.82) is 0 Å². The van der Waals surface area contributed by atoms with Crippen molar-refractivity contribution in [1.82, 2.24) is 0 Å². The van der Waals surface area contributed by atoms with Crippen LogP contribution >= 0.6 is 0 Å². The zero-order chi connectivity index (χ0) is 20.5. The number of fused-ring (bicyclic) bond motifs is 2. The van der Waals surface area contributed by atoms with Gasteiger partial charge < -0.3 is 10.2 Å². The molecule has 0 aliphatic rings. The van der Waals surface area contributed by atoms with Gasteiger partial charge in [-0.1, -0.05) is 78.9 Å². The summed E-state index contributed by atoms with van der Waals surface area (Å²) in [6.07, 6.45) is 1.60. The van der Waals surface area contributed by atoms with Crippen molar-refractivity contribution in [3.05, 3.63) is 119 Å². The van der Waals surface area contributed by atoms with Crippen LogP contribution in [0, 0.1) is 0 Å². The molecule has 0 amide bonds. The van der Waals surface area contributed by atoms with Crippen LogP contribution in [0.15, 0.2) is 97.1 Å². The van der Waals surface area contributed by atoms with Gasteiger partial charge in [0.25, 0.3) is 0 Å². The van der Waals surface area contributed by atoms with E-state index in [0.717, 1.165) is 39.9 Å². The lowest BCUT2D eigenvalue weighted by atomic mass is 9.97. The van der Waals surface area contributed by atoms with Gasteiger partial charge in [-0.05, 0) is 64.1 Å². The first kappa shape index (κ1) is 18.3. The number of hydrogen-bond donors (Lipinski definition) is 2. The quantitative estimate of drug-likeness (QED) is 0.364. The summed E-state index contributed by atoms with van der Waals surface area (Å²) in [5, 5.41) is 24.3. The van der Waals surface area contributed by atoms with Crippen molar-refractivity contribution in [3.63, 3.8) is 0 Å². The number of aromatic hydroxyl groups is 2. The predicted octanol–water partition coefficient (Wildman–Crippen LogP) is 6.59. The minimum Gasteiger partial charge on any atom is -0.507 e. The third-order valence-electron chi connectivity index (χ3n) is 5.66. The van der Waals surface area contributed by atoms with E-state index < -0.39 is 0 Å². The molecule has 0 unspecified atom stereocenters. The minimum absolute atomic E-state index is 0.323. The first-order chi connectivity index (χ1) is 14.7. The van der Waals surface area contributed by atoms with E-state index in [0.29, 0.717) is 11.5 Å². The maximum absolute atomic E-state index is 10.3. The minimum atomic E-state index is 0.323. The van der Waals surface area contributed by atoms with Crippen LogP contribution in [0.5, 0.6) is 11.5 Å². The highest BCUT2D eigenvalue weighted by Gasteiger charge is 2.05. The Morgan fingerprint density at radius 2 is 1.10 bits per heavy atom. The van der Waals surface area contributed by atoms with E-state index in [1.54, 1.807) is 6.07 Å². The Morgan fingerprint density at radius 3 is 1.90 bits per heavy atom. The van der Waals surface area contributed by atoms with Gasteiger partial charge in [0.1, 0.15) is 11.5 Å². The van der Waals surface area contributed by atoms with E-state index in [1.807, 2.05) is 42.5 Å². The summed E-state index contributed by atoms with van der Waals surface area (Å²) in [5.74, 6) is 0.655. The van der Waals surface area contributed by atoms with Crippen LogP contribution in [0.25, 0.3) is 21.5 Å². The average molecular weight is 390 g/mol. The molecule has 5 aromatic rings. The molecule has 0 saturated carbocycles. The molecular weight excluding hydrogens is 368 g/mol. The first-order valence-corrected chi connectivity index (χ1v) is 10.1. The van der Waals surface area contributed by atoms with Crippen LogP contribution in [-0.4, -0.2) is 10.2 Å². The molecule has 30 heavy (non-hydrogen) atoms. The molecule has 0 bridgehead atoms. The second-order valence-corrected chi connectivity index (χ2v) is 7.84. The van der Waals surface area contributed by atoms with Gasteiger partial charge in [-0.25, -0.2) is 0 Å². The molecule has 146 valence electrons. The molecule has 5 rings (SSSR count). The third kappa shape index (κ3) is 3.60. The highest BCUT2D eigenvalue weighted by molar-refractivity contribution is 5.89. The van der Waals surface area contributed by atoms with Crippen molar-refractivity contribution in [2.75, 3.05) is 0 Å². The lowest BCUT2D eigenvalue weighted by Crippen LogP contribution is -1.92. The standard InChI is InChI=1S/C28H22O2/c29-27-7-3-5-23-13-12-21(17-26(23)27)14-19-8-10-20(11-9-19)15-22-16-24-4-1-2-6-25(24)28(30)18-22/h1-13,16-18,29-30H,14-15H2. The van der Waals surface area contributed by atoms with Gasteiger partial charge in [0.2, 0.25) is 0 Å². The van der Waals surface area contributed by atoms with Gasteiger partial charge in [0.05, 0.1) is 0 Å². The smallest absolute Gasteiger partial charge is 0.123 e. The fraction of sp³-hybridized carbons (Fsp3) is 0.0714. The molecule has 0 spiro atoms. The molecule has 0 aliphatic heterocycles. The maximum atomic E-state index is 10.3. The Kier molecular flexibility index (Phi) is 4.61. The summed E-state index contributed by atoms with van der Waals surface area (Å²) in [6, 6.07) is 32.4. The predicted molar refractivity (Wildman–Crippen MR) is 123 cm³/mol. The molecule has 5 aromatic carbocycles. The molecule has 0 heterocycles. The molecule has 2 heteroatoms. The van der Waals surface area contributed by atoms with E-state index in [9.17, 15) is 10.2 Å². The zero-order valence-corrected chi connectivity index (χ0v) is 16.5. The Hall–Kier alpha value is -3.78. The normalized spacial score (nSPS) is 11.2. The summed E-state index contributed by atoms with van der Waals surface area (Å²) >= 11 is 0. The number of hydrogen-bond acceptors (Lipinski definition) is 2. The van der Waals surface area contributed by atoms with Crippen molar-refractivity contribution in [2.45, 2.75) is 12.8 Å². The topological polar surface area (TPSA) is 40.5 Å². The Morgan fingerprint density at radius 1 is 0.433 bits per heavy atom. The maximum Gasteiger partial charge on any atom is 0.123 e. The molecule has 0 aromatic heterocycles. The van der Waals surface area contributed by atoms with Crippen LogP contribution in [0.4, 0.5) is 0 Å². The van der Waals surface area contributed by atoms with E-state index in [2.05, 4.69) is 48.5 Å². The SMILES string of the molecule is Oc1cc(Cc2ccc(Cc3ccc4cccc(O)c4c3)cc2)cc2ccccc12. The Bertz CT molecular complexity index is 1350. The lowest BCUT2D eigenvalue weighted by Gasteiger charge is -2.09. The molecule has 0 fully saturated rings. The molecule has 2 N–H and O–H groups in total. The fourth-order valence-corrected chi connectivity index (χ4v) is 4.11. The number of rotatable bonds is 4. The second kappa shape index (κ2) is 7.57. The van der Waals surface area contributed by atoms with Crippen molar-refractivity contribution >= 4 is 21.5 Å². The van der Waals surface area contributed by atoms with Gasteiger partial charge in [-0.15, -0.1) is 0 Å². The zero-order valence-electron chi connectivity index (χ0n) is 16.5. The van der Waals surface area contributed by atoms with Gasteiger partial charge in [0, 0.05) is 10.8 Å². The van der Waals surface area contributed by atoms with Gasteiger partial charge in [-0.2, -0.15) is 0 Å². The lowest BCUT2D eigenvalue weighted by molar-refractivity contribution is 0.481. The van der Waals surface area contributed by atoms with Crippen molar-refractivity contribution in [2.24, 2.45) is 0 Å². The van der Waals surface area contributed by atoms with Crippen LogP contribution in [-0.2, 0) is 12.8 Å². The molecule has 0 aliphatic carbocycles. The largest absolute Gasteiger partial charge is 0.507 e. The van der Waals surface area contributed by atoms with Crippen molar-refractivity contribution in [3.8, 4) is 11.5 Å². The van der Waals surface area contributed by atoms with Crippen LogP contribution < -0.4 is 0 Å². The Labute approximate surface area is 175 Å². The van der Waals surface area contributed by atoms with Gasteiger partial charge in [-0.3, -0.25) is 0 Å². The van der Waals surface area contributed by atoms with E-state index in [1.165, 1.54) is 16.7 Å². The van der Waals surface area contributed by atoms with Gasteiger partial charge in [0.15, 0.2) is 0 Å². The van der Waals surface area contributed by atoms with Crippen LogP contribution in [0.1, 0.15) is 22.3 Å². The number of phenolic OH excluding ortho intramolecular Hbond substituents is 2. The highest BCUT2D eigenvalue weighted by atomic mass is 16.3. The monoisotopic (exact) mass is 390 g/mol. The fourth-order valence-electron chi connectivity index (χ4n) is 4.11. The number of phenols is 2. The first-order valence-electron chi connectivity index (χ1n) is 10.1. The van der Waals surface area contributed by atoms with Gasteiger partial charge >= 0.3 is 0 Å². The Balaban J connectivity index is 1.35. The van der Waals surface area contributed by atoms with Crippen molar-refractivity contribution < 1.29 is 10.2 Å².